The average molecular weight is 271 g/mol. The van der Waals surface area contributed by atoms with Gasteiger partial charge in [-0.15, -0.1) is 0 Å². The normalized spacial score (nSPS) is 13.3. The van der Waals surface area contributed by atoms with Crippen molar-refractivity contribution in [1.29, 1.82) is 0 Å². The molecular weight excluding hydrogens is 250 g/mol. The minimum absolute atomic E-state index is 0.0722. The fourth-order valence-corrected chi connectivity index (χ4v) is 2.92. The van der Waals surface area contributed by atoms with Crippen molar-refractivity contribution in [3.63, 3.8) is 0 Å². The van der Waals surface area contributed by atoms with Crippen LogP contribution in [0.15, 0.2) is 29.2 Å². The maximum Gasteiger partial charge on any atom is 0.242 e. The van der Waals surface area contributed by atoms with Gasteiger partial charge < -0.3 is 10.6 Å². The molecule has 18 heavy (non-hydrogen) atoms. The smallest absolute Gasteiger partial charge is 0.242 e. The molecule has 6 heteroatoms. The molecule has 1 aromatic rings. The summed E-state index contributed by atoms with van der Waals surface area (Å²) in [6, 6.07) is 7.00. The maximum atomic E-state index is 12.1. The molecule has 1 unspecified atom stereocenters. The first-order valence-corrected chi connectivity index (χ1v) is 7.44. The molecular formula is C12H21N3O2S. The molecule has 1 rings (SSSR count). The van der Waals surface area contributed by atoms with E-state index in [1.165, 1.54) is 0 Å². The molecule has 0 heterocycles. The molecule has 102 valence electrons. The van der Waals surface area contributed by atoms with Crippen molar-refractivity contribution in [2.45, 2.75) is 24.8 Å². The highest BCUT2D eigenvalue weighted by molar-refractivity contribution is 7.89. The van der Waals surface area contributed by atoms with Gasteiger partial charge in [-0.2, -0.15) is 0 Å². The average Bonchev–Trinajstić information content (AvgIpc) is 2.37. The molecule has 1 aromatic carbocycles. The van der Waals surface area contributed by atoms with Crippen molar-refractivity contribution in [3.8, 4) is 0 Å². The Hall–Kier alpha value is -1.11. The molecule has 0 aromatic heterocycles. The highest BCUT2D eigenvalue weighted by Crippen LogP contribution is 2.25. The van der Waals surface area contributed by atoms with Crippen LogP contribution in [0.5, 0.6) is 0 Å². The van der Waals surface area contributed by atoms with Gasteiger partial charge in [-0.3, -0.25) is 0 Å². The summed E-state index contributed by atoms with van der Waals surface area (Å²) in [7, 11) is -1.62. The van der Waals surface area contributed by atoms with Crippen LogP contribution in [0, 0.1) is 0 Å². The van der Waals surface area contributed by atoms with E-state index < -0.39 is 10.0 Å². The molecule has 0 spiro atoms. The summed E-state index contributed by atoms with van der Waals surface area (Å²) in [6.07, 6.45) is 0. The van der Waals surface area contributed by atoms with Crippen LogP contribution in [-0.4, -0.2) is 34.6 Å². The molecule has 0 bridgehead atoms. The lowest BCUT2D eigenvalue weighted by Crippen LogP contribution is -2.36. The van der Waals surface area contributed by atoms with E-state index in [1.54, 1.807) is 25.1 Å². The minimum atomic E-state index is -3.46. The van der Waals surface area contributed by atoms with E-state index in [2.05, 4.69) is 4.72 Å². The lowest BCUT2D eigenvalue weighted by Gasteiger charge is -2.27. The Bertz CT molecular complexity index is 488. The van der Waals surface area contributed by atoms with Gasteiger partial charge in [0, 0.05) is 26.2 Å². The third-order valence-corrected chi connectivity index (χ3v) is 4.46. The Morgan fingerprint density at radius 1 is 1.39 bits per heavy atom. The second-order valence-electron chi connectivity index (χ2n) is 4.16. The SMILES string of the molecule is CCNS(=O)(=O)c1ccccc1N(C)C(C)CN. The number of benzene rings is 1. The summed E-state index contributed by atoms with van der Waals surface area (Å²) >= 11 is 0. The predicted octanol–water partition coefficient (Wildman–Crippen LogP) is 0.768. The second-order valence-corrected chi connectivity index (χ2v) is 5.90. The molecule has 3 N–H and O–H groups in total. The topological polar surface area (TPSA) is 75.4 Å². The number of para-hydroxylation sites is 1. The van der Waals surface area contributed by atoms with Crippen molar-refractivity contribution in [2.75, 3.05) is 25.0 Å². The van der Waals surface area contributed by atoms with Crippen LogP contribution in [0.1, 0.15) is 13.8 Å². The highest BCUT2D eigenvalue weighted by atomic mass is 32.2. The van der Waals surface area contributed by atoms with Crippen LogP contribution in [0.3, 0.4) is 0 Å². The molecule has 5 nitrogen and oxygen atoms in total. The zero-order valence-corrected chi connectivity index (χ0v) is 11.9. The van der Waals surface area contributed by atoms with Gasteiger partial charge in [-0.05, 0) is 19.1 Å². The van der Waals surface area contributed by atoms with Crippen molar-refractivity contribution < 1.29 is 8.42 Å². The number of nitrogens with two attached hydrogens (primary N) is 1. The van der Waals surface area contributed by atoms with Crippen LogP contribution in [-0.2, 0) is 10.0 Å². The fourth-order valence-electron chi connectivity index (χ4n) is 1.64. The molecule has 0 radical (unpaired) electrons. The van der Waals surface area contributed by atoms with E-state index >= 15 is 0 Å². The Morgan fingerprint density at radius 2 is 2.00 bits per heavy atom. The molecule has 0 saturated heterocycles. The number of sulfonamides is 1. The number of likely N-dealkylation sites (N-methyl/N-ethyl adjacent to an activating group) is 1. The summed E-state index contributed by atoms with van der Waals surface area (Å²) < 4.78 is 26.7. The summed E-state index contributed by atoms with van der Waals surface area (Å²) in [6.45, 7) is 4.54. The standard InChI is InChI=1S/C12H21N3O2S/c1-4-14-18(16,17)12-8-6-5-7-11(12)15(3)10(2)9-13/h5-8,10,14H,4,9,13H2,1-3H3. The van der Waals surface area contributed by atoms with E-state index in [0.717, 1.165) is 0 Å². The fraction of sp³-hybridized carbons (Fsp3) is 0.500. The third kappa shape index (κ3) is 3.22. The van der Waals surface area contributed by atoms with Gasteiger partial charge in [0.15, 0.2) is 0 Å². The lowest BCUT2D eigenvalue weighted by molar-refractivity contribution is 0.583. The molecule has 0 aliphatic carbocycles. The quantitative estimate of drug-likeness (QED) is 0.801. The van der Waals surface area contributed by atoms with Crippen LogP contribution in [0.2, 0.25) is 0 Å². The van der Waals surface area contributed by atoms with Crippen LogP contribution in [0.25, 0.3) is 0 Å². The maximum absolute atomic E-state index is 12.1. The van der Waals surface area contributed by atoms with Gasteiger partial charge in [0.05, 0.1) is 5.69 Å². The molecule has 0 fully saturated rings. The monoisotopic (exact) mass is 271 g/mol. The van der Waals surface area contributed by atoms with Crippen molar-refractivity contribution in [3.05, 3.63) is 24.3 Å². The first-order valence-electron chi connectivity index (χ1n) is 5.95. The number of anilines is 1. The highest BCUT2D eigenvalue weighted by Gasteiger charge is 2.20. The Kier molecular flexibility index (Phi) is 5.13. The summed E-state index contributed by atoms with van der Waals surface area (Å²) in [5.74, 6) is 0. The van der Waals surface area contributed by atoms with Crippen molar-refractivity contribution in [1.82, 2.24) is 4.72 Å². The summed E-state index contributed by atoms with van der Waals surface area (Å²) in [4.78, 5) is 2.17. The van der Waals surface area contributed by atoms with E-state index in [0.29, 0.717) is 18.8 Å². The molecule has 1 atom stereocenters. The van der Waals surface area contributed by atoms with Crippen molar-refractivity contribution in [2.24, 2.45) is 5.73 Å². The lowest BCUT2D eigenvalue weighted by atomic mass is 10.2. The number of rotatable bonds is 6. The zero-order valence-electron chi connectivity index (χ0n) is 11.1. The summed E-state index contributed by atoms with van der Waals surface area (Å²) in [5.41, 5.74) is 6.28. The van der Waals surface area contributed by atoms with Gasteiger partial charge in [0.25, 0.3) is 0 Å². The van der Waals surface area contributed by atoms with Crippen LogP contribution >= 0.6 is 0 Å². The Morgan fingerprint density at radius 3 is 2.56 bits per heavy atom. The number of nitrogens with zero attached hydrogens (tertiary/aromatic N) is 1. The number of nitrogens with one attached hydrogen (secondary N) is 1. The summed E-state index contributed by atoms with van der Waals surface area (Å²) in [5, 5.41) is 0. The van der Waals surface area contributed by atoms with E-state index in [-0.39, 0.29) is 10.9 Å². The van der Waals surface area contributed by atoms with E-state index in [9.17, 15) is 8.42 Å². The second kappa shape index (κ2) is 6.17. The van der Waals surface area contributed by atoms with Gasteiger partial charge in [-0.1, -0.05) is 19.1 Å². The van der Waals surface area contributed by atoms with Crippen LogP contribution in [0.4, 0.5) is 5.69 Å². The zero-order chi connectivity index (χ0) is 13.8. The van der Waals surface area contributed by atoms with E-state index in [1.807, 2.05) is 24.9 Å². The van der Waals surface area contributed by atoms with Crippen molar-refractivity contribution >= 4 is 15.7 Å². The predicted molar refractivity (Wildman–Crippen MR) is 74.2 cm³/mol. The number of hydrogen-bond acceptors (Lipinski definition) is 4. The Labute approximate surface area is 109 Å². The first-order chi connectivity index (χ1) is 8.44. The van der Waals surface area contributed by atoms with Crippen LogP contribution < -0.4 is 15.4 Å². The molecule has 0 aliphatic heterocycles. The molecule has 0 aliphatic rings. The largest absolute Gasteiger partial charge is 0.370 e. The minimum Gasteiger partial charge on any atom is -0.370 e. The molecule has 0 saturated carbocycles. The molecule has 0 amide bonds. The first kappa shape index (κ1) is 14.9. The third-order valence-electron chi connectivity index (χ3n) is 2.87. The number of hydrogen-bond donors (Lipinski definition) is 2. The van der Waals surface area contributed by atoms with E-state index in [4.69, 9.17) is 5.73 Å². The van der Waals surface area contributed by atoms with Gasteiger partial charge in [0.2, 0.25) is 10.0 Å². The van der Waals surface area contributed by atoms with Gasteiger partial charge >= 0.3 is 0 Å². The Balaban J connectivity index is 3.23. The van der Waals surface area contributed by atoms with Gasteiger partial charge in [-0.25, -0.2) is 13.1 Å². The van der Waals surface area contributed by atoms with Gasteiger partial charge in [0.1, 0.15) is 4.90 Å².